The second-order valence-electron chi connectivity index (χ2n) is 5.02. The van der Waals surface area contributed by atoms with Crippen molar-refractivity contribution in [2.24, 2.45) is 0 Å². The van der Waals surface area contributed by atoms with E-state index in [1.165, 1.54) is 11.3 Å². The first kappa shape index (κ1) is 16.5. The molecule has 4 nitrogen and oxygen atoms in total. The molecule has 0 aliphatic carbocycles. The van der Waals surface area contributed by atoms with Gasteiger partial charge in [0.05, 0.1) is 29.6 Å². The lowest BCUT2D eigenvalue weighted by atomic mass is 10.2. The number of thiazole rings is 1. The molecule has 2 aromatic rings. The van der Waals surface area contributed by atoms with Crippen LogP contribution in [0.3, 0.4) is 0 Å². The molecule has 6 heteroatoms. The maximum Gasteiger partial charge on any atom is 0.228 e. The minimum Gasteiger partial charge on any atom is -0.342 e. The first-order chi connectivity index (χ1) is 10.5. The number of carbonyl (C=O) groups is 1. The molecule has 0 aliphatic heterocycles. The monoisotopic (exact) mass is 333 g/mol. The first-order valence-electron chi connectivity index (χ1n) is 6.85. The fourth-order valence-electron chi connectivity index (χ4n) is 1.94. The van der Waals surface area contributed by atoms with Gasteiger partial charge in [0.25, 0.3) is 0 Å². The highest BCUT2D eigenvalue weighted by Crippen LogP contribution is 2.30. The molecule has 0 N–H and O–H groups in total. The molecule has 1 aromatic carbocycles. The molecule has 0 radical (unpaired) electrons. The third kappa shape index (κ3) is 3.85. The quantitative estimate of drug-likeness (QED) is 0.837. The number of rotatable bonds is 5. The van der Waals surface area contributed by atoms with Crippen LogP contribution in [0, 0.1) is 11.3 Å². The lowest BCUT2D eigenvalue weighted by Crippen LogP contribution is -2.35. The van der Waals surface area contributed by atoms with E-state index >= 15 is 0 Å². The van der Waals surface area contributed by atoms with Crippen LogP contribution in [0.25, 0.3) is 10.6 Å². The number of aromatic nitrogens is 1. The van der Waals surface area contributed by atoms with Gasteiger partial charge in [-0.05, 0) is 13.0 Å². The van der Waals surface area contributed by atoms with Crippen molar-refractivity contribution in [3.8, 4) is 16.6 Å². The summed E-state index contributed by atoms with van der Waals surface area (Å²) in [5.74, 6) is -0.0428. The molecule has 0 unspecified atom stereocenters. The predicted molar refractivity (Wildman–Crippen MR) is 88.7 cm³/mol. The van der Waals surface area contributed by atoms with Crippen LogP contribution in [-0.2, 0) is 11.2 Å². The van der Waals surface area contributed by atoms with Gasteiger partial charge in [-0.1, -0.05) is 29.8 Å². The summed E-state index contributed by atoms with van der Waals surface area (Å²) < 4.78 is 0. The van der Waals surface area contributed by atoms with Crippen LogP contribution >= 0.6 is 22.9 Å². The summed E-state index contributed by atoms with van der Waals surface area (Å²) in [5.41, 5.74) is 1.60. The van der Waals surface area contributed by atoms with Gasteiger partial charge in [-0.2, -0.15) is 5.26 Å². The smallest absolute Gasteiger partial charge is 0.228 e. The van der Waals surface area contributed by atoms with Crippen molar-refractivity contribution in [3.63, 3.8) is 0 Å². The van der Waals surface area contributed by atoms with E-state index in [0.717, 1.165) is 16.3 Å². The zero-order valence-corrected chi connectivity index (χ0v) is 14.0. The van der Waals surface area contributed by atoms with Gasteiger partial charge in [0, 0.05) is 24.0 Å². The van der Waals surface area contributed by atoms with Gasteiger partial charge >= 0.3 is 0 Å². The van der Waals surface area contributed by atoms with Crippen LogP contribution in [0.15, 0.2) is 29.6 Å². The fourth-order valence-corrected chi connectivity index (χ4v) is 3.08. The fraction of sp³-hybridized carbons (Fsp3) is 0.312. The minimum atomic E-state index is -0.0980. The van der Waals surface area contributed by atoms with E-state index in [0.29, 0.717) is 11.4 Å². The van der Waals surface area contributed by atoms with E-state index in [9.17, 15) is 4.79 Å². The van der Waals surface area contributed by atoms with Gasteiger partial charge in [0.15, 0.2) is 0 Å². The average Bonchev–Trinajstić information content (AvgIpc) is 2.95. The largest absolute Gasteiger partial charge is 0.342 e. The summed E-state index contributed by atoms with van der Waals surface area (Å²) in [7, 11) is 1.71. The highest BCUT2D eigenvalue weighted by atomic mass is 35.5. The van der Waals surface area contributed by atoms with Crippen molar-refractivity contribution in [2.75, 3.05) is 7.05 Å². The topological polar surface area (TPSA) is 57.0 Å². The number of likely N-dealkylation sites (N-methyl/N-ethyl adjacent to an activating group) is 1. The summed E-state index contributed by atoms with van der Waals surface area (Å²) >= 11 is 7.63. The van der Waals surface area contributed by atoms with Crippen molar-refractivity contribution in [1.29, 1.82) is 5.26 Å². The van der Waals surface area contributed by atoms with E-state index in [-0.39, 0.29) is 18.4 Å². The zero-order valence-electron chi connectivity index (χ0n) is 12.4. The van der Waals surface area contributed by atoms with Gasteiger partial charge < -0.3 is 4.90 Å². The SMILES string of the molecule is C[C@H](CC#N)N(C)C(=O)Cc1csc(-c2ccccc2Cl)n1. The van der Waals surface area contributed by atoms with Crippen molar-refractivity contribution in [3.05, 3.63) is 40.4 Å². The number of nitrogens with zero attached hydrogens (tertiary/aromatic N) is 3. The molecular formula is C16H16ClN3OS. The highest BCUT2D eigenvalue weighted by molar-refractivity contribution is 7.13. The Morgan fingerprint density at radius 1 is 1.50 bits per heavy atom. The van der Waals surface area contributed by atoms with Gasteiger partial charge in [0.1, 0.15) is 5.01 Å². The number of benzene rings is 1. The van der Waals surface area contributed by atoms with Crippen LogP contribution in [0.2, 0.25) is 5.02 Å². The third-order valence-corrected chi connectivity index (χ3v) is 4.68. The van der Waals surface area contributed by atoms with E-state index in [2.05, 4.69) is 11.1 Å². The number of halogens is 1. The number of nitriles is 1. The number of carbonyl (C=O) groups excluding carboxylic acids is 1. The Bertz CT molecular complexity index is 707. The van der Waals surface area contributed by atoms with E-state index < -0.39 is 0 Å². The first-order valence-corrected chi connectivity index (χ1v) is 8.10. The van der Waals surface area contributed by atoms with Gasteiger partial charge in [-0.15, -0.1) is 11.3 Å². The third-order valence-electron chi connectivity index (χ3n) is 3.43. The van der Waals surface area contributed by atoms with Crippen molar-refractivity contribution in [1.82, 2.24) is 9.88 Å². The number of hydrogen-bond donors (Lipinski definition) is 0. The lowest BCUT2D eigenvalue weighted by molar-refractivity contribution is -0.130. The van der Waals surface area contributed by atoms with Crippen LogP contribution in [0.5, 0.6) is 0 Å². The Labute approximate surface area is 139 Å². The molecule has 0 spiro atoms. The van der Waals surface area contributed by atoms with E-state index in [4.69, 9.17) is 16.9 Å². The van der Waals surface area contributed by atoms with Gasteiger partial charge in [-0.25, -0.2) is 4.98 Å². The van der Waals surface area contributed by atoms with Gasteiger partial charge in [-0.3, -0.25) is 4.79 Å². The lowest BCUT2D eigenvalue weighted by Gasteiger charge is -2.22. The normalized spacial score (nSPS) is 11.7. The highest BCUT2D eigenvalue weighted by Gasteiger charge is 2.17. The maximum atomic E-state index is 12.2. The summed E-state index contributed by atoms with van der Waals surface area (Å²) in [6, 6.07) is 9.49. The molecule has 0 bridgehead atoms. The summed E-state index contributed by atoms with van der Waals surface area (Å²) in [6.07, 6.45) is 0.553. The minimum absolute atomic E-state index is 0.0428. The molecule has 0 aliphatic rings. The molecule has 114 valence electrons. The van der Waals surface area contributed by atoms with Gasteiger partial charge in [0.2, 0.25) is 5.91 Å². The van der Waals surface area contributed by atoms with Crippen LogP contribution < -0.4 is 0 Å². The molecule has 22 heavy (non-hydrogen) atoms. The van der Waals surface area contributed by atoms with Crippen molar-refractivity contribution in [2.45, 2.75) is 25.8 Å². The molecule has 0 saturated carbocycles. The molecule has 1 aromatic heterocycles. The Hall–Kier alpha value is -1.90. The zero-order chi connectivity index (χ0) is 16.1. The van der Waals surface area contributed by atoms with Crippen LogP contribution in [-0.4, -0.2) is 28.9 Å². The maximum absolute atomic E-state index is 12.2. The molecule has 1 amide bonds. The molecule has 0 fully saturated rings. The molecule has 1 heterocycles. The second-order valence-corrected chi connectivity index (χ2v) is 6.28. The Morgan fingerprint density at radius 2 is 2.23 bits per heavy atom. The molecule has 1 atom stereocenters. The van der Waals surface area contributed by atoms with E-state index in [1.807, 2.05) is 36.6 Å². The summed E-state index contributed by atoms with van der Waals surface area (Å²) in [4.78, 5) is 18.3. The molecular weight excluding hydrogens is 318 g/mol. The Balaban J connectivity index is 2.08. The average molecular weight is 334 g/mol. The second kappa shape index (κ2) is 7.39. The predicted octanol–water partition coefficient (Wildman–Crippen LogP) is 3.77. The summed E-state index contributed by atoms with van der Waals surface area (Å²) in [5, 5.41) is 12.0. The van der Waals surface area contributed by atoms with Crippen LogP contribution in [0.4, 0.5) is 0 Å². The molecule has 0 saturated heterocycles. The number of amides is 1. The van der Waals surface area contributed by atoms with Crippen molar-refractivity contribution >= 4 is 28.8 Å². The van der Waals surface area contributed by atoms with Crippen LogP contribution in [0.1, 0.15) is 19.0 Å². The van der Waals surface area contributed by atoms with E-state index in [1.54, 1.807) is 11.9 Å². The van der Waals surface area contributed by atoms with Crippen molar-refractivity contribution < 1.29 is 4.79 Å². The molecule has 2 rings (SSSR count). The standard InChI is InChI=1S/C16H16ClN3OS/c1-11(7-8-18)20(2)15(21)9-12-10-22-16(19-12)13-5-3-4-6-14(13)17/h3-6,10-11H,7,9H2,1-2H3/t11-/m1/s1. The Morgan fingerprint density at radius 3 is 2.91 bits per heavy atom. The number of hydrogen-bond acceptors (Lipinski definition) is 4. The summed E-state index contributed by atoms with van der Waals surface area (Å²) in [6.45, 7) is 1.86. The Kier molecular flexibility index (Phi) is 5.53.